The minimum absolute atomic E-state index is 0.0745. The molecule has 2 rings (SSSR count). The Hall–Kier alpha value is -1.94. The van der Waals surface area contributed by atoms with Gasteiger partial charge in [-0.2, -0.15) is 0 Å². The molecule has 0 aliphatic rings. The number of rotatable bonds is 4. The summed E-state index contributed by atoms with van der Waals surface area (Å²) in [6.07, 6.45) is 0.0745. The van der Waals surface area contributed by atoms with Crippen LogP contribution >= 0.6 is 15.9 Å². The number of halogens is 1. The second kappa shape index (κ2) is 5.80. The van der Waals surface area contributed by atoms with E-state index in [-0.39, 0.29) is 17.8 Å². The second-order valence-electron chi connectivity index (χ2n) is 4.04. The third kappa shape index (κ3) is 3.09. The monoisotopic (exact) mass is 318 g/mol. The van der Waals surface area contributed by atoms with Crippen molar-refractivity contribution in [1.29, 1.82) is 0 Å². The topological polar surface area (TPSA) is 54.4 Å². The zero-order chi connectivity index (χ0) is 13.8. The van der Waals surface area contributed by atoms with E-state index in [1.165, 1.54) is 6.07 Å². The molecule has 0 aromatic heterocycles. The van der Waals surface area contributed by atoms with Crippen LogP contribution in [0.2, 0.25) is 0 Å². The van der Waals surface area contributed by atoms with Gasteiger partial charge in [-0.15, -0.1) is 0 Å². The number of carbonyl (C=O) groups excluding carboxylic acids is 1. The van der Waals surface area contributed by atoms with Gasteiger partial charge >= 0.3 is 5.97 Å². The van der Waals surface area contributed by atoms with Crippen LogP contribution in [-0.2, 0) is 6.42 Å². The molecule has 0 spiro atoms. The first-order valence-corrected chi connectivity index (χ1v) is 6.48. The molecule has 96 valence electrons. The minimum atomic E-state index is -1.02. The van der Waals surface area contributed by atoms with Crippen LogP contribution in [-0.4, -0.2) is 16.9 Å². The van der Waals surface area contributed by atoms with Crippen molar-refractivity contribution in [3.63, 3.8) is 0 Å². The Balaban J connectivity index is 2.30. The third-order valence-electron chi connectivity index (χ3n) is 2.77. The summed E-state index contributed by atoms with van der Waals surface area (Å²) in [5.41, 5.74) is 1.25. The van der Waals surface area contributed by atoms with Gasteiger partial charge in [0.1, 0.15) is 0 Å². The van der Waals surface area contributed by atoms with Gasteiger partial charge in [-0.25, -0.2) is 4.79 Å². The van der Waals surface area contributed by atoms with Crippen molar-refractivity contribution in [2.45, 2.75) is 6.42 Å². The number of carboxylic acid groups (broad SMARTS) is 1. The second-order valence-corrected chi connectivity index (χ2v) is 4.90. The van der Waals surface area contributed by atoms with Crippen molar-refractivity contribution in [2.24, 2.45) is 0 Å². The lowest BCUT2D eigenvalue weighted by Gasteiger charge is -2.06. The van der Waals surface area contributed by atoms with E-state index in [0.717, 1.165) is 0 Å². The molecule has 4 heteroatoms. The summed E-state index contributed by atoms with van der Waals surface area (Å²) in [6.45, 7) is 0. The summed E-state index contributed by atoms with van der Waals surface area (Å²) in [5.74, 6) is -1.13. The number of benzene rings is 2. The van der Waals surface area contributed by atoms with E-state index in [1.807, 2.05) is 6.07 Å². The van der Waals surface area contributed by atoms with Gasteiger partial charge in [0.15, 0.2) is 5.78 Å². The van der Waals surface area contributed by atoms with Gasteiger partial charge in [0, 0.05) is 16.5 Å². The molecular weight excluding hydrogens is 308 g/mol. The van der Waals surface area contributed by atoms with Crippen LogP contribution in [0, 0.1) is 0 Å². The van der Waals surface area contributed by atoms with Gasteiger partial charge < -0.3 is 5.11 Å². The van der Waals surface area contributed by atoms with Crippen molar-refractivity contribution in [3.8, 4) is 0 Å². The fourth-order valence-electron chi connectivity index (χ4n) is 1.84. The number of Topliss-reactive ketones (excluding diaryl/α,β-unsaturated/α-hetero) is 1. The first kappa shape index (κ1) is 13.5. The van der Waals surface area contributed by atoms with Crippen LogP contribution in [0.5, 0.6) is 0 Å². The first-order chi connectivity index (χ1) is 9.09. The summed E-state index contributed by atoms with van der Waals surface area (Å²) in [5, 5.41) is 9.08. The van der Waals surface area contributed by atoms with Gasteiger partial charge in [0.2, 0.25) is 0 Å². The molecule has 0 aliphatic heterocycles. The summed E-state index contributed by atoms with van der Waals surface area (Å²) in [4.78, 5) is 23.3. The fraction of sp³-hybridized carbons (Fsp3) is 0.0667. The molecule has 0 heterocycles. The molecule has 3 nitrogen and oxygen atoms in total. The molecule has 2 aromatic carbocycles. The molecule has 0 fully saturated rings. The maximum Gasteiger partial charge on any atom is 0.335 e. The Kier molecular flexibility index (Phi) is 4.12. The SMILES string of the molecule is O=C(Cc1ccccc1C(=O)O)c1ccccc1Br. The number of aromatic carboxylic acids is 1. The minimum Gasteiger partial charge on any atom is -0.478 e. The summed E-state index contributed by atoms with van der Waals surface area (Å²) >= 11 is 3.32. The van der Waals surface area contributed by atoms with Crippen LogP contribution in [0.1, 0.15) is 26.3 Å². The van der Waals surface area contributed by atoms with Crippen LogP contribution in [0.3, 0.4) is 0 Å². The van der Waals surface area contributed by atoms with Crippen molar-refractivity contribution in [2.75, 3.05) is 0 Å². The van der Waals surface area contributed by atoms with Gasteiger partial charge in [-0.3, -0.25) is 4.79 Å². The Labute approximate surface area is 119 Å². The van der Waals surface area contributed by atoms with E-state index in [2.05, 4.69) is 15.9 Å². The quantitative estimate of drug-likeness (QED) is 0.877. The molecule has 0 aliphatic carbocycles. The highest BCUT2D eigenvalue weighted by atomic mass is 79.9. The molecule has 0 radical (unpaired) electrons. The van der Waals surface area contributed by atoms with Crippen LogP contribution in [0.25, 0.3) is 0 Å². The molecule has 0 amide bonds. The van der Waals surface area contributed by atoms with E-state index >= 15 is 0 Å². The summed E-state index contributed by atoms with van der Waals surface area (Å²) in [6, 6.07) is 13.7. The molecule has 0 saturated carbocycles. The Morgan fingerprint density at radius 3 is 2.16 bits per heavy atom. The summed E-state index contributed by atoms with van der Waals surface area (Å²) in [7, 11) is 0. The normalized spacial score (nSPS) is 10.2. The maximum absolute atomic E-state index is 12.2. The van der Waals surface area contributed by atoms with Gasteiger partial charge in [-0.05, 0) is 17.7 Å². The predicted octanol–water partition coefficient (Wildman–Crippen LogP) is 3.57. The smallest absolute Gasteiger partial charge is 0.335 e. The van der Waals surface area contributed by atoms with Crippen LogP contribution in [0.15, 0.2) is 53.0 Å². The number of carbonyl (C=O) groups is 2. The lowest BCUT2D eigenvalue weighted by Crippen LogP contribution is -2.09. The van der Waals surface area contributed by atoms with Crippen molar-refractivity contribution < 1.29 is 14.7 Å². The van der Waals surface area contributed by atoms with E-state index in [9.17, 15) is 9.59 Å². The highest BCUT2D eigenvalue weighted by Gasteiger charge is 2.15. The van der Waals surface area contributed by atoms with Crippen LogP contribution < -0.4 is 0 Å². The molecule has 19 heavy (non-hydrogen) atoms. The van der Waals surface area contributed by atoms with E-state index in [0.29, 0.717) is 15.6 Å². The number of hydrogen-bond acceptors (Lipinski definition) is 2. The lowest BCUT2D eigenvalue weighted by molar-refractivity contribution is 0.0696. The molecule has 0 saturated heterocycles. The zero-order valence-electron chi connectivity index (χ0n) is 9.97. The number of carboxylic acids is 1. The highest BCUT2D eigenvalue weighted by Crippen LogP contribution is 2.19. The van der Waals surface area contributed by atoms with Crippen molar-refractivity contribution >= 4 is 27.7 Å². The highest BCUT2D eigenvalue weighted by molar-refractivity contribution is 9.10. The number of hydrogen-bond donors (Lipinski definition) is 1. The summed E-state index contributed by atoms with van der Waals surface area (Å²) < 4.78 is 0.716. The van der Waals surface area contributed by atoms with E-state index in [1.54, 1.807) is 36.4 Å². The Morgan fingerprint density at radius 2 is 1.53 bits per heavy atom. The Bertz CT molecular complexity index is 635. The molecule has 1 N–H and O–H groups in total. The third-order valence-corrected chi connectivity index (χ3v) is 3.46. The van der Waals surface area contributed by atoms with Gasteiger partial charge in [0.05, 0.1) is 5.56 Å². The van der Waals surface area contributed by atoms with E-state index < -0.39 is 5.97 Å². The molecule has 2 aromatic rings. The maximum atomic E-state index is 12.2. The fourth-order valence-corrected chi connectivity index (χ4v) is 2.34. The lowest BCUT2D eigenvalue weighted by atomic mass is 9.99. The zero-order valence-corrected chi connectivity index (χ0v) is 11.6. The average Bonchev–Trinajstić information content (AvgIpc) is 2.39. The number of ketones is 1. The largest absolute Gasteiger partial charge is 0.478 e. The Morgan fingerprint density at radius 1 is 0.947 bits per heavy atom. The van der Waals surface area contributed by atoms with Crippen molar-refractivity contribution in [3.05, 3.63) is 69.7 Å². The average molecular weight is 319 g/mol. The molecule has 0 atom stereocenters. The van der Waals surface area contributed by atoms with E-state index in [4.69, 9.17) is 5.11 Å². The van der Waals surface area contributed by atoms with Crippen LogP contribution in [0.4, 0.5) is 0 Å². The van der Waals surface area contributed by atoms with Gasteiger partial charge in [0.25, 0.3) is 0 Å². The predicted molar refractivity (Wildman–Crippen MR) is 75.6 cm³/mol. The standard InChI is InChI=1S/C15H11BrO3/c16-13-8-4-3-7-12(13)14(17)9-10-5-1-2-6-11(10)15(18)19/h1-8H,9H2,(H,18,19). The van der Waals surface area contributed by atoms with Crippen molar-refractivity contribution in [1.82, 2.24) is 0 Å². The first-order valence-electron chi connectivity index (χ1n) is 5.68. The molecular formula is C15H11BrO3. The van der Waals surface area contributed by atoms with Gasteiger partial charge in [-0.1, -0.05) is 52.3 Å². The molecule has 0 unspecified atom stereocenters. The molecule has 0 bridgehead atoms.